The summed E-state index contributed by atoms with van der Waals surface area (Å²) < 4.78 is 5.69. The molecule has 2 heteroatoms. The molecule has 1 N–H and O–H groups in total. The summed E-state index contributed by atoms with van der Waals surface area (Å²) in [4.78, 5) is 0. The van der Waals surface area contributed by atoms with E-state index in [0.29, 0.717) is 6.61 Å². The van der Waals surface area contributed by atoms with Crippen LogP contribution in [0.3, 0.4) is 0 Å². The van der Waals surface area contributed by atoms with Crippen molar-refractivity contribution in [3.8, 4) is 5.75 Å². The summed E-state index contributed by atoms with van der Waals surface area (Å²) in [5.74, 6) is 0.921. The number of rotatable bonds is 7. The Balaban J connectivity index is 2.34. The number of nitrogens with one attached hydrogen (secondary N) is 1. The minimum Gasteiger partial charge on any atom is -0.489 e. The third-order valence-electron chi connectivity index (χ3n) is 2.72. The van der Waals surface area contributed by atoms with Crippen LogP contribution in [0.25, 0.3) is 0 Å². The molecule has 0 heterocycles. The Morgan fingerprint density at radius 2 is 2.06 bits per heavy atom. The zero-order chi connectivity index (χ0) is 12.7. The highest BCUT2D eigenvalue weighted by molar-refractivity contribution is 5.34. The van der Waals surface area contributed by atoms with E-state index in [2.05, 4.69) is 44.8 Å². The molecule has 0 saturated heterocycles. The van der Waals surface area contributed by atoms with Gasteiger partial charge in [0.15, 0.2) is 0 Å². The summed E-state index contributed by atoms with van der Waals surface area (Å²) in [5.41, 5.74) is 3.63. The van der Waals surface area contributed by atoms with Crippen molar-refractivity contribution in [2.75, 3.05) is 19.7 Å². The fourth-order valence-electron chi connectivity index (χ4n) is 1.48. The summed E-state index contributed by atoms with van der Waals surface area (Å²) in [6.45, 7) is 12.8. The lowest BCUT2D eigenvalue weighted by Gasteiger charge is -2.10. The maximum absolute atomic E-state index is 5.69. The van der Waals surface area contributed by atoms with Crippen molar-refractivity contribution in [3.63, 3.8) is 0 Å². The van der Waals surface area contributed by atoms with Gasteiger partial charge in [-0.2, -0.15) is 0 Å². The maximum Gasteiger partial charge on any atom is 0.120 e. The number of benzene rings is 1. The Morgan fingerprint density at radius 3 is 2.71 bits per heavy atom. The summed E-state index contributed by atoms with van der Waals surface area (Å²) in [5, 5.41) is 3.31. The largest absolute Gasteiger partial charge is 0.489 e. The molecule has 0 atom stereocenters. The fourth-order valence-corrected chi connectivity index (χ4v) is 1.48. The Kier molecular flexibility index (Phi) is 5.78. The molecule has 1 aromatic carbocycles. The number of ether oxygens (including phenoxy) is 1. The molecule has 0 unspecified atom stereocenters. The molecule has 0 bridgehead atoms. The lowest BCUT2D eigenvalue weighted by atomic mass is 10.1. The average molecular weight is 233 g/mol. The number of hydrogen-bond donors (Lipinski definition) is 1. The van der Waals surface area contributed by atoms with Gasteiger partial charge in [-0.3, -0.25) is 0 Å². The first-order valence-corrected chi connectivity index (χ1v) is 6.21. The van der Waals surface area contributed by atoms with Gasteiger partial charge in [0.05, 0.1) is 0 Å². The predicted octanol–water partition coefficient (Wildman–Crippen LogP) is 3.24. The van der Waals surface area contributed by atoms with Crippen molar-refractivity contribution in [2.24, 2.45) is 0 Å². The van der Waals surface area contributed by atoms with Crippen LogP contribution >= 0.6 is 0 Å². The smallest absolute Gasteiger partial charge is 0.120 e. The minimum absolute atomic E-state index is 0.583. The molecule has 0 radical (unpaired) electrons. The minimum atomic E-state index is 0.583. The molecule has 2 nitrogen and oxygen atoms in total. The highest BCUT2D eigenvalue weighted by Crippen LogP contribution is 2.16. The van der Waals surface area contributed by atoms with Crippen LogP contribution in [-0.2, 0) is 0 Å². The lowest BCUT2D eigenvalue weighted by molar-refractivity contribution is 0.348. The van der Waals surface area contributed by atoms with Crippen molar-refractivity contribution in [3.05, 3.63) is 41.5 Å². The zero-order valence-electron chi connectivity index (χ0n) is 11.2. The fraction of sp³-hybridized carbons (Fsp3) is 0.467. The molecule has 94 valence electrons. The quantitative estimate of drug-likeness (QED) is 0.576. The Bertz CT molecular complexity index is 371. The van der Waals surface area contributed by atoms with Gasteiger partial charge in [-0.25, -0.2) is 0 Å². The van der Waals surface area contributed by atoms with E-state index in [9.17, 15) is 0 Å². The SMILES string of the molecule is C=C(CNCCC)COc1ccc(C)c(C)c1. The van der Waals surface area contributed by atoms with E-state index in [4.69, 9.17) is 4.74 Å². The van der Waals surface area contributed by atoms with Crippen molar-refractivity contribution in [2.45, 2.75) is 27.2 Å². The van der Waals surface area contributed by atoms with Gasteiger partial charge in [0.2, 0.25) is 0 Å². The topological polar surface area (TPSA) is 21.3 Å². The van der Waals surface area contributed by atoms with Gasteiger partial charge in [0.25, 0.3) is 0 Å². The van der Waals surface area contributed by atoms with Crippen LogP contribution in [0.4, 0.5) is 0 Å². The molecule has 0 aliphatic rings. The standard InChI is InChI=1S/C15H23NO/c1-5-8-16-10-12(2)11-17-15-7-6-13(3)14(4)9-15/h6-7,9,16H,2,5,8,10-11H2,1,3-4H3. The summed E-state index contributed by atoms with van der Waals surface area (Å²) in [7, 11) is 0. The highest BCUT2D eigenvalue weighted by atomic mass is 16.5. The van der Waals surface area contributed by atoms with Gasteiger partial charge < -0.3 is 10.1 Å². The Hall–Kier alpha value is -1.28. The van der Waals surface area contributed by atoms with E-state index in [1.807, 2.05) is 6.07 Å². The van der Waals surface area contributed by atoms with Crippen LogP contribution < -0.4 is 10.1 Å². The zero-order valence-corrected chi connectivity index (χ0v) is 11.2. The van der Waals surface area contributed by atoms with Gasteiger partial charge in [-0.05, 0) is 55.6 Å². The Morgan fingerprint density at radius 1 is 1.29 bits per heavy atom. The van der Waals surface area contributed by atoms with Crippen LogP contribution in [0.1, 0.15) is 24.5 Å². The lowest BCUT2D eigenvalue weighted by Crippen LogP contribution is -2.20. The van der Waals surface area contributed by atoms with Crippen molar-refractivity contribution in [1.82, 2.24) is 5.32 Å². The number of aryl methyl sites for hydroxylation is 2. The van der Waals surface area contributed by atoms with Gasteiger partial charge in [0.1, 0.15) is 12.4 Å². The first-order chi connectivity index (χ1) is 8.13. The predicted molar refractivity (Wildman–Crippen MR) is 73.7 cm³/mol. The van der Waals surface area contributed by atoms with Gasteiger partial charge in [-0.1, -0.05) is 19.6 Å². The molecule has 1 rings (SSSR count). The van der Waals surface area contributed by atoms with Gasteiger partial charge in [-0.15, -0.1) is 0 Å². The molecule has 0 spiro atoms. The first-order valence-electron chi connectivity index (χ1n) is 6.21. The summed E-state index contributed by atoms with van der Waals surface area (Å²) in [6, 6.07) is 6.17. The maximum atomic E-state index is 5.69. The first kappa shape index (κ1) is 13.8. The second-order valence-electron chi connectivity index (χ2n) is 4.46. The van der Waals surface area contributed by atoms with Crippen molar-refractivity contribution < 1.29 is 4.74 Å². The Labute approximate surface area is 105 Å². The molecule has 0 aromatic heterocycles. The normalized spacial score (nSPS) is 10.3. The van der Waals surface area contributed by atoms with Crippen LogP contribution in [0.2, 0.25) is 0 Å². The second-order valence-corrected chi connectivity index (χ2v) is 4.46. The van der Waals surface area contributed by atoms with Crippen molar-refractivity contribution >= 4 is 0 Å². The highest BCUT2D eigenvalue weighted by Gasteiger charge is 1.99. The molecule has 0 amide bonds. The van der Waals surface area contributed by atoms with E-state index < -0.39 is 0 Å². The molecule has 1 aromatic rings. The molecule has 0 fully saturated rings. The van der Waals surface area contributed by atoms with Gasteiger partial charge >= 0.3 is 0 Å². The third-order valence-corrected chi connectivity index (χ3v) is 2.72. The molecule has 17 heavy (non-hydrogen) atoms. The van der Waals surface area contributed by atoms with Gasteiger partial charge in [0, 0.05) is 6.54 Å². The molecular formula is C15H23NO. The van der Waals surface area contributed by atoms with Crippen LogP contribution in [0.5, 0.6) is 5.75 Å². The molecule has 0 aliphatic carbocycles. The van der Waals surface area contributed by atoms with E-state index >= 15 is 0 Å². The summed E-state index contributed by atoms with van der Waals surface area (Å²) in [6.07, 6.45) is 1.14. The molecule has 0 aliphatic heterocycles. The van der Waals surface area contributed by atoms with E-state index in [1.54, 1.807) is 0 Å². The van der Waals surface area contributed by atoms with Crippen molar-refractivity contribution in [1.29, 1.82) is 0 Å². The number of hydrogen-bond acceptors (Lipinski definition) is 2. The molecular weight excluding hydrogens is 210 g/mol. The van der Waals surface area contributed by atoms with E-state index in [0.717, 1.165) is 30.8 Å². The monoisotopic (exact) mass is 233 g/mol. The van der Waals surface area contributed by atoms with E-state index in [1.165, 1.54) is 11.1 Å². The van der Waals surface area contributed by atoms with Crippen LogP contribution in [0, 0.1) is 13.8 Å². The second kappa shape index (κ2) is 7.13. The molecule has 0 saturated carbocycles. The van der Waals surface area contributed by atoms with Crippen LogP contribution in [-0.4, -0.2) is 19.7 Å². The summed E-state index contributed by atoms with van der Waals surface area (Å²) >= 11 is 0. The van der Waals surface area contributed by atoms with E-state index in [-0.39, 0.29) is 0 Å². The van der Waals surface area contributed by atoms with Crippen LogP contribution in [0.15, 0.2) is 30.4 Å². The average Bonchev–Trinajstić information content (AvgIpc) is 2.31. The third kappa shape index (κ3) is 5.05.